The Kier molecular flexibility index (Phi) is 7.93. The van der Waals surface area contributed by atoms with E-state index in [0.717, 1.165) is 22.0 Å². The molecule has 2 N–H and O–H groups in total. The molecule has 198 valence electrons. The first kappa shape index (κ1) is 26.4. The van der Waals surface area contributed by atoms with Crippen LogP contribution in [0.4, 0.5) is 5.69 Å². The Hall–Kier alpha value is -4.17. The van der Waals surface area contributed by atoms with E-state index < -0.39 is 6.04 Å². The van der Waals surface area contributed by atoms with E-state index in [2.05, 4.69) is 53.7 Å². The number of nitrogens with one attached hydrogen (secondary N) is 2. The highest BCUT2D eigenvalue weighted by Crippen LogP contribution is 2.45. The van der Waals surface area contributed by atoms with E-state index in [4.69, 9.17) is 4.99 Å². The number of para-hydroxylation sites is 1. The lowest BCUT2D eigenvalue weighted by molar-refractivity contribution is -0.120. The number of carbonyl (C=O) groups excluding carboxylic acids is 2. The second-order valence-electron chi connectivity index (χ2n) is 9.85. The molecule has 8 heteroatoms. The van der Waals surface area contributed by atoms with Crippen LogP contribution in [0.3, 0.4) is 0 Å². The van der Waals surface area contributed by atoms with Gasteiger partial charge >= 0.3 is 0 Å². The Balaban J connectivity index is 1.44. The van der Waals surface area contributed by atoms with Crippen LogP contribution in [0.1, 0.15) is 55.8 Å². The van der Waals surface area contributed by atoms with Crippen LogP contribution in [0, 0.1) is 0 Å². The van der Waals surface area contributed by atoms with Gasteiger partial charge in [0.1, 0.15) is 0 Å². The molecule has 0 saturated heterocycles. The van der Waals surface area contributed by atoms with Crippen LogP contribution in [0.2, 0.25) is 0 Å². The molecule has 7 nitrogen and oxygen atoms in total. The molecule has 5 rings (SSSR count). The van der Waals surface area contributed by atoms with Gasteiger partial charge < -0.3 is 15.5 Å². The fraction of sp³-hybridized carbons (Fsp3) is 0.226. The van der Waals surface area contributed by atoms with Crippen molar-refractivity contribution in [3.05, 3.63) is 118 Å². The first-order valence-electron chi connectivity index (χ1n) is 13.0. The molecule has 39 heavy (non-hydrogen) atoms. The van der Waals surface area contributed by atoms with Gasteiger partial charge in [-0.05, 0) is 53.1 Å². The van der Waals surface area contributed by atoms with E-state index in [1.54, 1.807) is 12.4 Å². The highest BCUT2D eigenvalue weighted by atomic mass is 32.2. The quantitative estimate of drug-likeness (QED) is 0.361. The van der Waals surface area contributed by atoms with Gasteiger partial charge in [0.05, 0.1) is 23.7 Å². The number of aromatic nitrogens is 1. The zero-order valence-electron chi connectivity index (χ0n) is 22.2. The highest BCUT2D eigenvalue weighted by molar-refractivity contribution is 8.16. The largest absolute Gasteiger partial charge is 0.352 e. The summed E-state index contributed by atoms with van der Waals surface area (Å²) in [6.45, 7) is 6.59. The standard InChI is InChI=1S/C31H31N5O2S/c1-20(2)23-11-13-24(14-12-23)29-28(30(38)35-25-9-5-4-6-10-25)21(3)34-31-36(29)26(19-39-31)16-27(37)33-18-22-8-7-15-32-17-22/h4-15,17,19-20,29H,16,18H2,1-3H3,(H,33,37)(H,35,38)/t29-/m0/s1. The molecule has 0 spiro atoms. The molecule has 2 aromatic carbocycles. The monoisotopic (exact) mass is 537 g/mol. The number of rotatable bonds is 8. The second-order valence-corrected chi connectivity index (χ2v) is 10.7. The van der Waals surface area contributed by atoms with Crippen molar-refractivity contribution in [2.24, 2.45) is 4.99 Å². The minimum atomic E-state index is -0.421. The predicted octanol–water partition coefficient (Wildman–Crippen LogP) is 6.13. The van der Waals surface area contributed by atoms with Crippen molar-refractivity contribution in [1.29, 1.82) is 0 Å². The van der Waals surface area contributed by atoms with Gasteiger partial charge in [-0.15, -0.1) is 0 Å². The topological polar surface area (TPSA) is 86.7 Å². The SMILES string of the molecule is CC1=C(C(=O)Nc2ccccc2)[C@H](c2ccc(C(C)C)cc2)N2C(CC(=O)NCc3cccnc3)=CSC2=N1. The molecule has 0 radical (unpaired) electrons. The van der Waals surface area contributed by atoms with Gasteiger partial charge in [0.25, 0.3) is 5.91 Å². The van der Waals surface area contributed by atoms with Crippen molar-refractivity contribution in [3.8, 4) is 0 Å². The van der Waals surface area contributed by atoms with Crippen LogP contribution >= 0.6 is 11.8 Å². The van der Waals surface area contributed by atoms with E-state index >= 15 is 0 Å². The third-order valence-electron chi connectivity index (χ3n) is 6.75. The summed E-state index contributed by atoms with van der Waals surface area (Å²) in [6, 6.07) is 21.1. The Morgan fingerprint density at radius 3 is 2.49 bits per heavy atom. The maximum Gasteiger partial charge on any atom is 0.255 e. The second kappa shape index (κ2) is 11.7. The summed E-state index contributed by atoms with van der Waals surface area (Å²) in [5.41, 5.74) is 5.86. The summed E-state index contributed by atoms with van der Waals surface area (Å²) >= 11 is 1.48. The van der Waals surface area contributed by atoms with Crippen molar-refractivity contribution in [1.82, 2.24) is 15.2 Å². The maximum atomic E-state index is 13.7. The Morgan fingerprint density at radius 2 is 1.79 bits per heavy atom. The van der Waals surface area contributed by atoms with Crippen LogP contribution in [0.5, 0.6) is 0 Å². The average molecular weight is 538 g/mol. The third-order valence-corrected chi connectivity index (χ3v) is 7.64. The number of nitrogens with zero attached hydrogens (tertiary/aromatic N) is 3. The van der Waals surface area contributed by atoms with E-state index in [9.17, 15) is 9.59 Å². The number of hydrogen-bond acceptors (Lipinski definition) is 6. The van der Waals surface area contributed by atoms with Gasteiger partial charge in [-0.3, -0.25) is 14.6 Å². The molecule has 0 saturated carbocycles. The van der Waals surface area contributed by atoms with E-state index in [1.807, 2.05) is 59.7 Å². The van der Waals surface area contributed by atoms with Gasteiger partial charge in [-0.2, -0.15) is 0 Å². The molecule has 0 unspecified atom stereocenters. The summed E-state index contributed by atoms with van der Waals surface area (Å²) in [6.07, 6.45) is 3.61. The van der Waals surface area contributed by atoms with Gasteiger partial charge in [0, 0.05) is 30.3 Å². The number of amides is 2. The number of fused-ring (bicyclic) bond motifs is 1. The zero-order chi connectivity index (χ0) is 27.4. The lowest BCUT2D eigenvalue weighted by atomic mass is 9.91. The van der Waals surface area contributed by atoms with Crippen LogP contribution in [0.15, 0.2) is 106 Å². The summed E-state index contributed by atoms with van der Waals surface area (Å²) in [7, 11) is 0. The van der Waals surface area contributed by atoms with Crippen molar-refractivity contribution in [2.75, 3.05) is 5.32 Å². The molecule has 2 amide bonds. The smallest absolute Gasteiger partial charge is 0.255 e. The number of amidine groups is 1. The molecule has 3 heterocycles. The Labute approximate surface area is 233 Å². The first-order valence-corrected chi connectivity index (χ1v) is 13.8. The van der Waals surface area contributed by atoms with E-state index in [-0.39, 0.29) is 18.2 Å². The molecule has 3 aromatic rings. The lowest BCUT2D eigenvalue weighted by Gasteiger charge is -2.36. The molecule has 2 aliphatic rings. The van der Waals surface area contributed by atoms with Crippen LogP contribution in [-0.2, 0) is 16.1 Å². The van der Waals surface area contributed by atoms with Crippen molar-refractivity contribution in [2.45, 2.75) is 45.7 Å². The number of aliphatic imine (C=N–C) groups is 1. The molecule has 1 aromatic heterocycles. The third kappa shape index (κ3) is 5.96. The van der Waals surface area contributed by atoms with Crippen LogP contribution < -0.4 is 10.6 Å². The van der Waals surface area contributed by atoms with Crippen LogP contribution in [-0.4, -0.2) is 26.9 Å². The average Bonchev–Trinajstić information content (AvgIpc) is 3.33. The Bertz CT molecular complexity index is 1450. The van der Waals surface area contributed by atoms with Gasteiger partial charge in [-0.1, -0.05) is 74.1 Å². The number of benzene rings is 2. The molecule has 2 aliphatic heterocycles. The summed E-state index contributed by atoms with van der Waals surface area (Å²) in [4.78, 5) is 37.7. The molecule has 1 atom stereocenters. The van der Waals surface area contributed by atoms with Crippen molar-refractivity contribution in [3.63, 3.8) is 0 Å². The Morgan fingerprint density at radius 1 is 1.03 bits per heavy atom. The number of pyridine rings is 1. The zero-order valence-corrected chi connectivity index (χ0v) is 23.0. The maximum absolute atomic E-state index is 13.7. The van der Waals surface area contributed by atoms with Gasteiger partial charge in [0.2, 0.25) is 5.91 Å². The fourth-order valence-electron chi connectivity index (χ4n) is 4.69. The molecule has 0 bridgehead atoms. The minimum absolute atomic E-state index is 0.109. The number of carbonyl (C=O) groups is 2. The number of hydrogen-bond donors (Lipinski definition) is 2. The van der Waals surface area contributed by atoms with E-state index in [0.29, 0.717) is 29.4 Å². The van der Waals surface area contributed by atoms with Crippen molar-refractivity contribution < 1.29 is 9.59 Å². The lowest BCUT2D eigenvalue weighted by Crippen LogP contribution is -2.38. The van der Waals surface area contributed by atoms with Crippen molar-refractivity contribution >= 4 is 34.4 Å². The summed E-state index contributed by atoms with van der Waals surface area (Å²) in [5, 5.41) is 8.75. The van der Waals surface area contributed by atoms with Gasteiger partial charge in [0.15, 0.2) is 5.17 Å². The number of anilines is 1. The molecular formula is C31H31N5O2S. The minimum Gasteiger partial charge on any atom is -0.352 e. The fourth-order valence-corrected chi connectivity index (χ4v) is 5.65. The highest BCUT2D eigenvalue weighted by Gasteiger charge is 2.40. The number of thioether (sulfide) groups is 1. The van der Waals surface area contributed by atoms with Crippen LogP contribution in [0.25, 0.3) is 0 Å². The summed E-state index contributed by atoms with van der Waals surface area (Å²) < 4.78 is 0. The molecule has 0 fully saturated rings. The first-order chi connectivity index (χ1) is 18.9. The predicted molar refractivity (Wildman–Crippen MR) is 157 cm³/mol. The number of allylic oxidation sites excluding steroid dienone is 1. The van der Waals surface area contributed by atoms with E-state index in [1.165, 1.54) is 17.3 Å². The van der Waals surface area contributed by atoms with Gasteiger partial charge in [-0.25, -0.2) is 4.99 Å². The normalized spacial score (nSPS) is 16.5. The molecule has 0 aliphatic carbocycles. The summed E-state index contributed by atoms with van der Waals surface area (Å²) in [5.74, 6) is 0.0705. The molecular weight excluding hydrogens is 506 g/mol.